The molecule has 0 bridgehead atoms. The van der Waals surface area contributed by atoms with Crippen molar-refractivity contribution in [2.75, 3.05) is 0 Å². The van der Waals surface area contributed by atoms with E-state index < -0.39 is 0 Å². The summed E-state index contributed by atoms with van der Waals surface area (Å²) in [5.41, 5.74) is 3.31. The van der Waals surface area contributed by atoms with Crippen molar-refractivity contribution in [2.24, 2.45) is 0 Å². The van der Waals surface area contributed by atoms with Gasteiger partial charge in [-0.05, 0) is 24.0 Å². The Hall–Kier alpha value is -0.0826. The summed E-state index contributed by atoms with van der Waals surface area (Å²) in [5, 5.41) is 0. The van der Waals surface area contributed by atoms with Crippen molar-refractivity contribution in [3.63, 3.8) is 0 Å². The van der Waals surface area contributed by atoms with Crippen molar-refractivity contribution in [1.29, 1.82) is 0 Å². The number of unbranched alkanes of at least 4 members (excludes halogenated alkanes) is 1. The molecule has 1 nitrogen and oxygen atoms in total. The third kappa shape index (κ3) is 6.74. The van der Waals surface area contributed by atoms with Crippen LogP contribution in [-0.4, -0.2) is 5.52 Å². The number of carbonyl (C=O) groups excluding carboxylic acids is 1. The first-order valence-corrected chi connectivity index (χ1v) is 6.89. The smallest absolute Gasteiger partial charge is 0.343 e. The van der Waals surface area contributed by atoms with Crippen LogP contribution in [0, 0.1) is 6.92 Å². The van der Waals surface area contributed by atoms with E-state index in [0.717, 1.165) is 36.0 Å². The van der Waals surface area contributed by atoms with Crippen LogP contribution in [0.4, 0.5) is 0 Å². The second kappa shape index (κ2) is 12.0. The first-order chi connectivity index (χ1) is 8.12. The van der Waals surface area contributed by atoms with Crippen LogP contribution in [0.25, 0.3) is 0 Å². The van der Waals surface area contributed by atoms with Crippen molar-refractivity contribution in [3.8, 4) is 0 Å². The van der Waals surface area contributed by atoms with E-state index in [-0.39, 0.29) is 24.4 Å². The van der Waals surface area contributed by atoms with Crippen molar-refractivity contribution < 1.29 is 23.7 Å². The van der Waals surface area contributed by atoms with Gasteiger partial charge in [-0.3, -0.25) is 4.79 Å². The fourth-order valence-electron chi connectivity index (χ4n) is 1.56. The Morgan fingerprint density at radius 2 is 1.56 bits per heavy atom. The molecule has 0 amide bonds. The summed E-state index contributed by atoms with van der Waals surface area (Å²) in [4.78, 5) is 11.4. The molecule has 18 heavy (non-hydrogen) atoms. The third-order valence-corrected chi connectivity index (χ3v) is 2.89. The van der Waals surface area contributed by atoms with Crippen LogP contribution < -0.4 is 18.9 Å². The van der Waals surface area contributed by atoms with E-state index in [2.05, 4.69) is 36.9 Å². The molecule has 0 aliphatic rings. The molecule has 96 valence electrons. The van der Waals surface area contributed by atoms with Crippen molar-refractivity contribution in [3.05, 3.63) is 41.8 Å². The molecule has 0 aromatic heterocycles. The summed E-state index contributed by atoms with van der Waals surface area (Å²) in [7, 11) is 2.26. The molecule has 0 spiro atoms. The quantitative estimate of drug-likeness (QED) is 0.454. The van der Waals surface area contributed by atoms with Crippen molar-refractivity contribution in [1.82, 2.24) is 0 Å². The molecular weight excluding hydrogens is 234 g/mol. The molecule has 0 radical (unpaired) electrons. The molecule has 0 saturated carbocycles. The van der Waals surface area contributed by atoms with Crippen LogP contribution in [0.5, 0.6) is 0 Å². The Kier molecular flexibility index (Phi) is 13.5. The average Bonchev–Trinajstić information content (AvgIpc) is 2.37. The number of carbonyl (C=O) groups is 1. The van der Waals surface area contributed by atoms with Gasteiger partial charge in [-0.25, -0.2) is 0 Å². The molecular formula is C15H24LiOP. The van der Waals surface area contributed by atoms with E-state index in [0.29, 0.717) is 0 Å². The van der Waals surface area contributed by atoms with Gasteiger partial charge in [0.15, 0.2) is 5.52 Å². The SMILES string of the molecule is CCc1cccc(CC)c1C(=O)P.[CH2-]CCC.[Li+]. The van der Waals surface area contributed by atoms with E-state index >= 15 is 0 Å². The number of benzene rings is 1. The van der Waals surface area contributed by atoms with Gasteiger partial charge >= 0.3 is 18.9 Å². The molecule has 1 rings (SSSR count). The summed E-state index contributed by atoms with van der Waals surface area (Å²) >= 11 is 0. The summed E-state index contributed by atoms with van der Waals surface area (Å²) in [6.45, 7) is 9.87. The summed E-state index contributed by atoms with van der Waals surface area (Å²) in [5.74, 6) is 0. The fourth-order valence-corrected chi connectivity index (χ4v) is 1.93. The standard InChI is InChI=1S/C11H15OP.C4H9.Li/c1-3-8-6-5-7-9(4-2)10(8)11(12)13;1-3-4-2;/h5-7H,3-4,13H2,1-2H3;1,3-4H2,2H3;/q;-1;+1. The van der Waals surface area contributed by atoms with E-state index in [1.165, 1.54) is 6.42 Å². The Balaban J connectivity index is 0. The zero-order chi connectivity index (χ0) is 13.3. The summed E-state index contributed by atoms with van der Waals surface area (Å²) in [6.07, 6.45) is 4.12. The average molecular weight is 258 g/mol. The van der Waals surface area contributed by atoms with Gasteiger partial charge < -0.3 is 6.92 Å². The van der Waals surface area contributed by atoms with Crippen LogP contribution in [-0.2, 0) is 12.8 Å². The third-order valence-electron chi connectivity index (χ3n) is 2.60. The molecule has 1 aromatic rings. The number of rotatable bonds is 4. The maximum Gasteiger partial charge on any atom is 1.00 e. The van der Waals surface area contributed by atoms with Crippen LogP contribution >= 0.6 is 9.24 Å². The predicted molar refractivity (Wildman–Crippen MR) is 79.5 cm³/mol. The minimum atomic E-state index is 0. The van der Waals surface area contributed by atoms with E-state index in [1.54, 1.807) is 0 Å². The summed E-state index contributed by atoms with van der Waals surface area (Å²) in [6, 6.07) is 6.07. The molecule has 0 aliphatic carbocycles. The molecule has 0 heterocycles. The molecule has 0 saturated heterocycles. The molecule has 0 aliphatic heterocycles. The van der Waals surface area contributed by atoms with E-state index in [4.69, 9.17) is 0 Å². The van der Waals surface area contributed by atoms with Crippen molar-refractivity contribution >= 4 is 14.8 Å². The van der Waals surface area contributed by atoms with Gasteiger partial charge in [0.2, 0.25) is 0 Å². The van der Waals surface area contributed by atoms with Crippen molar-refractivity contribution in [2.45, 2.75) is 46.5 Å². The second-order valence-corrected chi connectivity index (χ2v) is 4.40. The molecule has 0 N–H and O–H groups in total. The van der Waals surface area contributed by atoms with Gasteiger partial charge in [-0.1, -0.05) is 54.6 Å². The van der Waals surface area contributed by atoms with E-state index in [1.807, 2.05) is 18.2 Å². The zero-order valence-electron chi connectivity index (χ0n) is 12.3. The first kappa shape index (κ1) is 20.2. The molecule has 1 atom stereocenters. The first-order valence-electron chi connectivity index (χ1n) is 6.32. The largest absolute Gasteiger partial charge is 1.00 e. The predicted octanol–water partition coefficient (Wildman–Crippen LogP) is 1.45. The van der Waals surface area contributed by atoms with Gasteiger partial charge in [0.1, 0.15) is 0 Å². The molecule has 1 unspecified atom stereocenters. The van der Waals surface area contributed by atoms with Crippen LogP contribution in [0.2, 0.25) is 0 Å². The Labute approximate surface area is 127 Å². The maximum absolute atomic E-state index is 11.4. The molecule has 1 aromatic carbocycles. The van der Waals surface area contributed by atoms with Crippen LogP contribution in [0.15, 0.2) is 18.2 Å². The number of aryl methyl sites for hydroxylation is 2. The van der Waals surface area contributed by atoms with Gasteiger partial charge in [0.05, 0.1) is 0 Å². The van der Waals surface area contributed by atoms with E-state index in [9.17, 15) is 4.79 Å². The zero-order valence-corrected chi connectivity index (χ0v) is 13.4. The normalized spacial score (nSPS) is 8.94. The fraction of sp³-hybridized carbons (Fsp3) is 0.467. The Morgan fingerprint density at radius 3 is 1.78 bits per heavy atom. The molecule has 0 fully saturated rings. The number of hydrogen-bond acceptors (Lipinski definition) is 1. The number of hydrogen-bond donors (Lipinski definition) is 0. The summed E-state index contributed by atoms with van der Waals surface area (Å²) < 4.78 is 0. The maximum atomic E-state index is 11.4. The second-order valence-electron chi connectivity index (χ2n) is 3.88. The van der Waals surface area contributed by atoms with Gasteiger partial charge in [-0.15, -0.1) is 0 Å². The van der Waals surface area contributed by atoms with Gasteiger partial charge in [0.25, 0.3) is 0 Å². The molecule has 3 heteroatoms. The van der Waals surface area contributed by atoms with Crippen LogP contribution in [0.1, 0.15) is 55.1 Å². The van der Waals surface area contributed by atoms with Crippen LogP contribution in [0.3, 0.4) is 0 Å². The topological polar surface area (TPSA) is 17.1 Å². The minimum absolute atomic E-state index is 0. The van der Waals surface area contributed by atoms with Gasteiger partial charge in [0, 0.05) is 5.56 Å². The Morgan fingerprint density at radius 1 is 1.17 bits per heavy atom. The Bertz CT molecular complexity index is 326. The van der Waals surface area contributed by atoms with Gasteiger partial charge in [-0.2, -0.15) is 6.42 Å². The monoisotopic (exact) mass is 258 g/mol. The minimum Gasteiger partial charge on any atom is -0.343 e.